The first-order valence-corrected chi connectivity index (χ1v) is 13.8. The molecule has 40 heavy (non-hydrogen) atoms. The second kappa shape index (κ2) is 11.9. The Balaban J connectivity index is 1.05. The molecule has 0 bridgehead atoms. The predicted molar refractivity (Wildman–Crippen MR) is 153 cm³/mol. The van der Waals surface area contributed by atoms with E-state index in [1.165, 1.54) is 5.56 Å². The Morgan fingerprint density at radius 3 is 2.42 bits per heavy atom. The quantitative estimate of drug-likeness (QED) is 0.342. The van der Waals surface area contributed by atoms with Crippen LogP contribution in [0.1, 0.15) is 29.7 Å². The molecule has 1 aromatic carbocycles. The Labute approximate surface area is 233 Å². The molecule has 2 atom stereocenters. The average Bonchev–Trinajstić information content (AvgIpc) is 3.36. The number of rotatable bonds is 8. The molecule has 12 nitrogen and oxygen atoms in total. The molecule has 4 aromatic rings. The van der Waals surface area contributed by atoms with Gasteiger partial charge in [-0.1, -0.05) is 37.3 Å². The van der Waals surface area contributed by atoms with Crippen molar-refractivity contribution in [2.24, 2.45) is 0 Å². The topological polar surface area (TPSA) is 122 Å². The molecule has 0 radical (unpaired) electrons. The lowest BCUT2D eigenvalue weighted by molar-refractivity contribution is 0.0158. The van der Waals surface area contributed by atoms with E-state index in [1.807, 2.05) is 30.1 Å². The van der Waals surface area contributed by atoms with Crippen LogP contribution in [0.5, 0.6) is 0 Å². The van der Waals surface area contributed by atoms with Crippen LogP contribution >= 0.6 is 0 Å². The highest BCUT2D eigenvalue weighted by Crippen LogP contribution is 2.24. The van der Waals surface area contributed by atoms with Crippen molar-refractivity contribution in [3.63, 3.8) is 0 Å². The number of piperazine rings is 1. The van der Waals surface area contributed by atoms with Crippen LogP contribution in [-0.2, 0) is 11.3 Å². The van der Waals surface area contributed by atoms with Gasteiger partial charge in [0, 0.05) is 57.6 Å². The van der Waals surface area contributed by atoms with Crippen LogP contribution in [0.2, 0.25) is 0 Å². The summed E-state index contributed by atoms with van der Waals surface area (Å²) >= 11 is 0. The van der Waals surface area contributed by atoms with Crippen molar-refractivity contribution < 1.29 is 4.74 Å². The molecule has 2 saturated heterocycles. The molecule has 2 fully saturated rings. The Bertz CT molecular complexity index is 1380. The van der Waals surface area contributed by atoms with Crippen LogP contribution < -0.4 is 20.4 Å². The molecule has 5 heterocycles. The minimum Gasteiger partial charge on any atom is -0.374 e. The maximum atomic E-state index is 5.82. The summed E-state index contributed by atoms with van der Waals surface area (Å²) in [6.07, 6.45) is 7.36. The van der Waals surface area contributed by atoms with Crippen LogP contribution in [0.4, 0.5) is 23.5 Å². The van der Waals surface area contributed by atoms with E-state index in [0.29, 0.717) is 18.4 Å². The fourth-order valence-electron chi connectivity index (χ4n) is 5.06. The van der Waals surface area contributed by atoms with Gasteiger partial charge < -0.3 is 25.2 Å². The minimum absolute atomic E-state index is 0.115. The summed E-state index contributed by atoms with van der Waals surface area (Å²) in [5.74, 6) is 2.15. The molecular weight excluding hydrogens is 506 g/mol. The van der Waals surface area contributed by atoms with Crippen molar-refractivity contribution in [2.45, 2.75) is 32.4 Å². The average molecular weight is 542 g/mol. The minimum atomic E-state index is 0.115. The summed E-state index contributed by atoms with van der Waals surface area (Å²) < 4.78 is 7.78. The summed E-state index contributed by atoms with van der Waals surface area (Å²) in [4.78, 5) is 27.2. The molecule has 6 rings (SSSR count). The highest BCUT2D eigenvalue weighted by molar-refractivity contribution is 5.56. The van der Waals surface area contributed by atoms with Gasteiger partial charge in [-0.05, 0) is 18.1 Å². The number of morpholine rings is 1. The smallest absolute Gasteiger partial charge is 0.232 e. The monoisotopic (exact) mass is 541 g/mol. The van der Waals surface area contributed by atoms with E-state index in [2.05, 4.69) is 81.6 Å². The first-order valence-electron chi connectivity index (χ1n) is 13.8. The third-order valence-electron chi connectivity index (χ3n) is 7.59. The zero-order valence-corrected chi connectivity index (χ0v) is 22.9. The summed E-state index contributed by atoms with van der Waals surface area (Å²) in [6, 6.07) is 10.4. The Morgan fingerprint density at radius 2 is 1.70 bits per heavy atom. The zero-order chi connectivity index (χ0) is 27.3. The van der Waals surface area contributed by atoms with E-state index < -0.39 is 0 Å². The fraction of sp³-hybridized carbons (Fsp3) is 0.429. The molecule has 2 unspecified atom stereocenters. The fourth-order valence-corrected chi connectivity index (χ4v) is 5.06. The third kappa shape index (κ3) is 5.87. The molecule has 2 N–H and O–H groups in total. The summed E-state index contributed by atoms with van der Waals surface area (Å²) in [6.45, 7) is 10.5. The lowest BCUT2D eigenvalue weighted by Gasteiger charge is -2.34. The zero-order valence-electron chi connectivity index (χ0n) is 22.9. The Hall–Kier alpha value is -4.16. The summed E-state index contributed by atoms with van der Waals surface area (Å²) in [5.41, 5.74) is 4.25. The highest BCUT2D eigenvalue weighted by Gasteiger charge is 2.22. The molecule has 0 spiro atoms. The van der Waals surface area contributed by atoms with Crippen molar-refractivity contribution in [3.8, 4) is 0 Å². The van der Waals surface area contributed by atoms with E-state index in [1.54, 1.807) is 12.5 Å². The van der Waals surface area contributed by atoms with Gasteiger partial charge in [0.2, 0.25) is 17.8 Å². The molecule has 2 aliphatic rings. The second-order valence-electron chi connectivity index (χ2n) is 10.2. The van der Waals surface area contributed by atoms with Gasteiger partial charge in [0.05, 0.1) is 36.8 Å². The van der Waals surface area contributed by atoms with Crippen molar-refractivity contribution >= 4 is 23.5 Å². The SMILES string of the molecule is Cc1c(Nc2ncnc(N3CCN(c4ncc(C(C)c5ccccc5)cn4)CC3)n2)cnn1CC1CNCCO1. The van der Waals surface area contributed by atoms with Gasteiger partial charge in [-0.15, -0.1) is 0 Å². The van der Waals surface area contributed by atoms with Crippen molar-refractivity contribution in [2.75, 3.05) is 61.0 Å². The van der Waals surface area contributed by atoms with Crippen molar-refractivity contribution in [1.29, 1.82) is 0 Å². The Kier molecular flexibility index (Phi) is 7.78. The first-order chi connectivity index (χ1) is 19.6. The maximum absolute atomic E-state index is 5.82. The standard InChI is InChI=1S/C28H35N11O/c1-20(22-6-4-3-5-7-22)23-14-30-27(31-15-23)37-9-11-38(12-10-37)28-33-19-32-26(36-28)35-25-17-34-39(21(25)2)18-24-16-29-8-13-40-24/h3-7,14-15,17,19-20,24,29H,8-13,16,18H2,1-2H3,(H,32,33,35,36). The van der Waals surface area contributed by atoms with Crippen LogP contribution in [0.3, 0.4) is 0 Å². The molecule has 0 saturated carbocycles. The lowest BCUT2D eigenvalue weighted by Crippen LogP contribution is -2.47. The number of hydrogen-bond acceptors (Lipinski definition) is 11. The number of nitrogens with one attached hydrogen (secondary N) is 2. The normalized spacial score (nSPS) is 18.5. The first kappa shape index (κ1) is 26.1. The Morgan fingerprint density at radius 1 is 0.950 bits per heavy atom. The van der Waals surface area contributed by atoms with E-state index in [4.69, 9.17) is 4.74 Å². The van der Waals surface area contributed by atoms with Crippen LogP contribution in [0, 0.1) is 6.92 Å². The maximum Gasteiger partial charge on any atom is 0.232 e. The van der Waals surface area contributed by atoms with Gasteiger partial charge in [-0.25, -0.2) is 19.9 Å². The highest BCUT2D eigenvalue weighted by atomic mass is 16.5. The predicted octanol–water partition coefficient (Wildman–Crippen LogP) is 2.38. The molecule has 12 heteroatoms. The van der Waals surface area contributed by atoms with Gasteiger partial charge >= 0.3 is 0 Å². The third-order valence-corrected chi connectivity index (χ3v) is 7.59. The molecular formula is C28H35N11O. The number of nitrogens with zero attached hydrogens (tertiary/aromatic N) is 9. The van der Waals surface area contributed by atoms with E-state index in [-0.39, 0.29) is 12.0 Å². The lowest BCUT2D eigenvalue weighted by atomic mass is 9.96. The molecule has 3 aromatic heterocycles. The molecule has 2 aliphatic heterocycles. The van der Waals surface area contributed by atoms with Gasteiger partial charge in [-0.2, -0.15) is 10.1 Å². The van der Waals surface area contributed by atoms with E-state index in [9.17, 15) is 0 Å². The van der Waals surface area contributed by atoms with Crippen LogP contribution in [0.25, 0.3) is 0 Å². The van der Waals surface area contributed by atoms with Crippen LogP contribution in [-0.4, -0.2) is 86.7 Å². The van der Waals surface area contributed by atoms with Crippen molar-refractivity contribution in [3.05, 3.63) is 72.1 Å². The summed E-state index contributed by atoms with van der Waals surface area (Å²) in [5, 5.41) is 11.2. The number of aromatic nitrogens is 7. The largest absolute Gasteiger partial charge is 0.374 e. The van der Waals surface area contributed by atoms with E-state index in [0.717, 1.165) is 68.8 Å². The number of hydrogen-bond donors (Lipinski definition) is 2. The molecule has 0 aliphatic carbocycles. The van der Waals surface area contributed by atoms with Gasteiger partial charge in [-0.3, -0.25) is 4.68 Å². The second-order valence-corrected chi connectivity index (χ2v) is 10.2. The van der Waals surface area contributed by atoms with Gasteiger partial charge in [0.15, 0.2) is 0 Å². The van der Waals surface area contributed by atoms with E-state index >= 15 is 0 Å². The number of anilines is 4. The summed E-state index contributed by atoms with van der Waals surface area (Å²) in [7, 11) is 0. The van der Waals surface area contributed by atoms with Crippen LogP contribution in [0.15, 0.2) is 55.2 Å². The van der Waals surface area contributed by atoms with Crippen molar-refractivity contribution in [1.82, 2.24) is 40.0 Å². The van der Waals surface area contributed by atoms with Gasteiger partial charge in [0.25, 0.3) is 0 Å². The molecule has 0 amide bonds. The van der Waals surface area contributed by atoms with Gasteiger partial charge in [0.1, 0.15) is 6.33 Å². The molecule has 208 valence electrons. The number of benzene rings is 1. The number of ether oxygens (including phenoxy) is 1.